The average molecular weight is 255 g/mol. The molecule has 1 aliphatic heterocycles. The molecule has 1 aromatic carbocycles. The fraction of sp³-hybridized carbons (Fsp3) is 0.364. The third-order valence-electron chi connectivity index (χ3n) is 2.42. The van der Waals surface area contributed by atoms with E-state index >= 15 is 0 Å². The molecule has 0 bridgehead atoms. The molecule has 1 aliphatic rings. The number of benzene rings is 1. The van der Waals surface area contributed by atoms with Gasteiger partial charge in [-0.15, -0.1) is 0 Å². The van der Waals surface area contributed by atoms with E-state index in [4.69, 9.17) is 4.74 Å². The van der Waals surface area contributed by atoms with E-state index in [-0.39, 0.29) is 23.2 Å². The van der Waals surface area contributed by atoms with Crippen LogP contribution in [0.4, 0.5) is 5.69 Å². The number of ether oxygens (including phenoxy) is 1. The van der Waals surface area contributed by atoms with E-state index in [9.17, 15) is 13.2 Å². The van der Waals surface area contributed by atoms with Crippen molar-refractivity contribution >= 4 is 21.4 Å². The first-order valence-electron chi connectivity index (χ1n) is 5.32. The van der Waals surface area contributed by atoms with Crippen LogP contribution in [-0.2, 0) is 14.6 Å². The van der Waals surface area contributed by atoms with Crippen LogP contribution in [-0.4, -0.2) is 26.7 Å². The minimum absolute atomic E-state index is 0.0337. The molecule has 0 spiro atoms. The zero-order valence-corrected chi connectivity index (χ0v) is 10.2. The summed E-state index contributed by atoms with van der Waals surface area (Å²) in [5.74, 6) is 0.322. The molecule has 0 radical (unpaired) electrons. The Balaban J connectivity index is 2.39. The lowest BCUT2D eigenvalue weighted by atomic mass is 10.2. The second-order valence-corrected chi connectivity index (χ2v) is 5.92. The van der Waals surface area contributed by atoms with Gasteiger partial charge in [-0.1, -0.05) is 6.92 Å². The second kappa shape index (κ2) is 4.37. The van der Waals surface area contributed by atoms with Gasteiger partial charge in [-0.2, -0.15) is 0 Å². The minimum Gasteiger partial charge on any atom is -0.482 e. The molecule has 0 saturated heterocycles. The lowest BCUT2D eigenvalue weighted by Crippen LogP contribution is -2.25. The number of rotatable bonds is 3. The summed E-state index contributed by atoms with van der Waals surface area (Å²) in [7, 11) is -3.27. The van der Waals surface area contributed by atoms with Gasteiger partial charge in [0.2, 0.25) is 0 Å². The molecule has 0 saturated carbocycles. The Kier molecular flexibility index (Phi) is 3.06. The molecule has 0 aliphatic carbocycles. The Morgan fingerprint density at radius 2 is 2.18 bits per heavy atom. The Labute approximate surface area is 99.7 Å². The Morgan fingerprint density at radius 1 is 1.41 bits per heavy atom. The van der Waals surface area contributed by atoms with Crippen molar-refractivity contribution in [3.8, 4) is 5.75 Å². The normalized spacial score (nSPS) is 14.8. The molecule has 1 heterocycles. The fourth-order valence-corrected chi connectivity index (χ4v) is 2.99. The summed E-state index contributed by atoms with van der Waals surface area (Å²) >= 11 is 0. The lowest BCUT2D eigenvalue weighted by Gasteiger charge is -2.18. The van der Waals surface area contributed by atoms with Crippen molar-refractivity contribution in [2.75, 3.05) is 17.7 Å². The maximum absolute atomic E-state index is 11.8. The molecular formula is C11H13NO4S. The van der Waals surface area contributed by atoms with E-state index in [1.165, 1.54) is 12.1 Å². The molecule has 0 aromatic heterocycles. The zero-order chi connectivity index (χ0) is 12.5. The van der Waals surface area contributed by atoms with E-state index in [0.29, 0.717) is 17.9 Å². The van der Waals surface area contributed by atoms with Crippen molar-refractivity contribution in [1.29, 1.82) is 0 Å². The second-order valence-electron chi connectivity index (χ2n) is 3.81. The van der Waals surface area contributed by atoms with Gasteiger partial charge in [-0.25, -0.2) is 8.42 Å². The quantitative estimate of drug-likeness (QED) is 0.881. The standard InChI is InChI=1S/C11H13NO4S/c1-2-5-17(14,15)8-3-4-10-9(6-8)12-11(13)7-16-10/h3-4,6H,2,5,7H2,1H3,(H,12,13). The van der Waals surface area contributed by atoms with Gasteiger partial charge in [0, 0.05) is 0 Å². The van der Waals surface area contributed by atoms with Gasteiger partial charge in [0.25, 0.3) is 5.91 Å². The number of fused-ring (bicyclic) bond motifs is 1. The van der Waals surface area contributed by atoms with Crippen LogP contribution < -0.4 is 10.1 Å². The van der Waals surface area contributed by atoms with E-state index in [2.05, 4.69) is 5.32 Å². The Morgan fingerprint density at radius 3 is 2.88 bits per heavy atom. The molecule has 1 N–H and O–H groups in total. The lowest BCUT2D eigenvalue weighted by molar-refractivity contribution is -0.118. The third kappa shape index (κ3) is 2.41. The average Bonchev–Trinajstić information content (AvgIpc) is 2.28. The summed E-state index contributed by atoms with van der Waals surface area (Å²) in [5.41, 5.74) is 0.415. The third-order valence-corrected chi connectivity index (χ3v) is 4.33. The summed E-state index contributed by atoms with van der Waals surface area (Å²) in [6.45, 7) is 1.77. The number of amides is 1. The van der Waals surface area contributed by atoms with Crippen molar-refractivity contribution in [3.63, 3.8) is 0 Å². The predicted octanol–water partition coefficient (Wildman–Crippen LogP) is 1.20. The van der Waals surface area contributed by atoms with Gasteiger partial charge in [-0.05, 0) is 24.6 Å². The predicted molar refractivity (Wildman–Crippen MR) is 62.9 cm³/mol. The van der Waals surface area contributed by atoms with Crippen LogP contribution in [0.3, 0.4) is 0 Å². The molecular weight excluding hydrogens is 242 g/mol. The topological polar surface area (TPSA) is 72.5 Å². The molecule has 0 unspecified atom stereocenters. The van der Waals surface area contributed by atoms with Gasteiger partial charge < -0.3 is 10.1 Å². The summed E-state index contributed by atoms with van der Waals surface area (Å²) in [5, 5.41) is 2.59. The van der Waals surface area contributed by atoms with Crippen molar-refractivity contribution in [2.45, 2.75) is 18.2 Å². The van der Waals surface area contributed by atoms with Crippen LogP contribution >= 0.6 is 0 Å². The zero-order valence-electron chi connectivity index (χ0n) is 9.39. The van der Waals surface area contributed by atoms with Crippen molar-refractivity contribution in [2.24, 2.45) is 0 Å². The minimum atomic E-state index is -3.27. The van der Waals surface area contributed by atoms with Crippen molar-refractivity contribution < 1.29 is 17.9 Å². The smallest absolute Gasteiger partial charge is 0.262 e. The number of hydrogen-bond donors (Lipinski definition) is 1. The Hall–Kier alpha value is -1.56. The highest BCUT2D eigenvalue weighted by atomic mass is 32.2. The number of sulfone groups is 1. The summed E-state index contributed by atoms with van der Waals surface area (Å²) in [6, 6.07) is 4.51. The highest BCUT2D eigenvalue weighted by Crippen LogP contribution is 2.30. The van der Waals surface area contributed by atoms with E-state index < -0.39 is 9.84 Å². The molecule has 5 nitrogen and oxygen atoms in total. The highest BCUT2D eigenvalue weighted by Gasteiger charge is 2.20. The molecule has 1 aromatic rings. The summed E-state index contributed by atoms with van der Waals surface area (Å²) < 4.78 is 28.8. The van der Waals surface area contributed by atoms with Crippen LogP contribution in [0.5, 0.6) is 5.75 Å². The summed E-state index contributed by atoms with van der Waals surface area (Å²) in [4.78, 5) is 11.3. The Bertz CT molecular complexity index is 551. The van der Waals surface area contributed by atoms with Gasteiger partial charge in [0.1, 0.15) is 5.75 Å². The fourth-order valence-electron chi connectivity index (χ4n) is 1.64. The first-order chi connectivity index (χ1) is 8.03. The van der Waals surface area contributed by atoms with Crippen LogP contribution in [0, 0.1) is 0 Å². The van der Waals surface area contributed by atoms with Gasteiger partial charge in [0.15, 0.2) is 16.4 Å². The number of carbonyl (C=O) groups excluding carboxylic acids is 1. The van der Waals surface area contributed by atoms with Crippen molar-refractivity contribution in [1.82, 2.24) is 0 Å². The van der Waals surface area contributed by atoms with Crippen LogP contribution in [0.15, 0.2) is 23.1 Å². The highest BCUT2D eigenvalue weighted by molar-refractivity contribution is 7.91. The largest absolute Gasteiger partial charge is 0.482 e. The number of hydrogen-bond acceptors (Lipinski definition) is 4. The first kappa shape index (κ1) is 11.9. The van der Waals surface area contributed by atoms with Gasteiger partial charge in [-0.3, -0.25) is 4.79 Å². The maximum atomic E-state index is 11.8. The molecule has 0 fully saturated rings. The van der Waals surface area contributed by atoms with Crippen LogP contribution in [0.25, 0.3) is 0 Å². The monoisotopic (exact) mass is 255 g/mol. The van der Waals surface area contributed by atoms with E-state index in [1.807, 2.05) is 0 Å². The molecule has 2 rings (SSSR count). The molecule has 1 amide bonds. The van der Waals surface area contributed by atoms with E-state index in [0.717, 1.165) is 0 Å². The van der Waals surface area contributed by atoms with Gasteiger partial charge in [0.05, 0.1) is 16.3 Å². The number of carbonyl (C=O) groups is 1. The van der Waals surface area contributed by atoms with Crippen LogP contribution in [0.1, 0.15) is 13.3 Å². The molecule has 0 atom stereocenters. The van der Waals surface area contributed by atoms with E-state index in [1.54, 1.807) is 13.0 Å². The number of anilines is 1. The molecule has 92 valence electrons. The molecule has 17 heavy (non-hydrogen) atoms. The SMILES string of the molecule is CCCS(=O)(=O)c1ccc2c(c1)NC(=O)CO2. The number of nitrogens with one attached hydrogen (secondary N) is 1. The van der Waals surface area contributed by atoms with Gasteiger partial charge >= 0.3 is 0 Å². The summed E-state index contributed by atoms with van der Waals surface area (Å²) in [6.07, 6.45) is 0.558. The molecule has 6 heteroatoms. The maximum Gasteiger partial charge on any atom is 0.262 e. The van der Waals surface area contributed by atoms with Crippen LogP contribution in [0.2, 0.25) is 0 Å². The first-order valence-corrected chi connectivity index (χ1v) is 6.97. The van der Waals surface area contributed by atoms with Crippen molar-refractivity contribution in [3.05, 3.63) is 18.2 Å².